The van der Waals surface area contributed by atoms with E-state index in [0.717, 1.165) is 12.7 Å². The van der Waals surface area contributed by atoms with E-state index in [1.165, 1.54) is 19.2 Å². The molecule has 0 aromatic heterocycles. The number of carboxylic acid groups (broad SMARTS) is 1. The maximum Gasteiger partial charge on any atom is 0.314 e. The number of aliphatic carboxylic acids is 1. The topological polar surface area (TPSA) is 80.7 Å². The molecule has 0 saturated heterocycles. The molecule has 0 amide bonds. The van der Waals surface area contributed by atoms with Gasteiger partial charge in [0.1, 0.15) is 4.90 Å². The van der Waals surface area contributed by atoms with E-state index in [9.17, 15) is 18.3 Å². The standard InChI is InChI=1S/C13H15ClO5S/c1-19-11-9(14)6-8(7-10(11)20(2,17)18)13(12(15)16)4-3-5-13/h6-7H,3-5H2,1-2H3,(H,15,16). The van der Waals surface area contributed by atoms with Crippen LogP contribution >= 0.6 is 11.6 Å². The van der Waals surface area contributed by atoms with Crippen molar-refractivity contribution in [2.75, 3.05) is 13.4 Å². The quantitative estimate of drug-likeness (QED) is 0.921. The van der Waals surface area contributed by atoms with Gasteiger partial charge in [0.25, 0.3) is 0 Å². The first-order valence-electron chi connectivity index (χ1n) is 6.04. The molecule has 2 rings (SSSR count). The first-order chi connectivity index (χ1) is 9.22. The average molecular weight is 319 g/mol. The molecule has 1 fully saturated rings. The number of benzene rings is 1. The summed E-state index contributed by atoms with van der Waals surface area (Å²) in [7, 11) is -2.24. The van der Waals surface area contributed by atoms with Gasteiger partial charge in [-0.05, 0) is 30.5 Å². The summed E-state index contributed by atoms with van der Waals surface area (Å²) in [6.45, 7) is 0. The molecule has 1 aromatic rings. The van der Waals surface area contributed by atoms with E-state index in [0.29, 0.717) is 18.4 Å². The predicted molar refractivity (Wildman–Crippen MR) is 74.3 cm³/mol. The summed E-state index contributed by atoms with van der Waals surface area (Å²) in [5.74, 6) is -0.901. The highest BCUT2D eigenvalue weighted by atomic mass is 35.5. The lowest BCUT2D eigenvalue weighted by molar-refractivity contribution is -0.147. The Bertz CT molecular complexity index is 662. The van der Waals surface area contributed by atoms with E-state index in [4.69, 9.17) is 16.3 Å². The predicted octanol–water partition coefficient (Wildman–Crippen LogP) is 2.26. The first kappa shape index (κ1) is 15.1. The lowest BCUT2D eigenvalue weighted by Gasteiger charge is -2.38. The maximum absolute atomic E-state index is 11.8. The number of ether oxygens (including phenoxy) is 1. The van der Waals surface area contributed by atoms with E-state index in [2.05, 4.69) is 0 Å². The second-order valence-electron chi connectivity index (χ2n) is 5.00. The summed E-state index contributed by atoms with van der Waals surface area (Å²) < 4.78 is 28.7. The summed E-state index contributed by atoms with van der Waals surface area (Å²) >= 11 is 6.05. The minimum Gasteiger partial charge on any atom is -0.494 e. The third-order valence-electron chi connectivity index (χ3n) is 3.78. The van der Waals surface area contributed by atoms with Crippen LogP contribution in [0, 0.1) is 0 Å². The van der Waals surface area contributed by atoms with E-state index in [-0.39, 0.29) is 15.7 Å². The summed E-state index contributed by atoms with van der Waals surface area (Å²) in [5.41, 5.74) is -0.613. The third-order valence-corrected chi connectivity index (χ3v) is 5.17. The number of sulfone groups is 1. The Morgan fingerprint density at radius 1 is 1.40 bits per heavy atom. The van der Waals surface area contributed by atoms with Crippen LogP contribution in [0.15, 0.2) is 17.0 Å². The van der Waals surface area contributed by atoms with Crippen molar-refractivity contribution in [1.82, 2.24) is 0 Å². The van der Waals surface area contributed by atoms with Gasteiger partial charge in [0.05, 0.1) is 17.5 Å². The molecular weight excluding hydrogens is 304 g/mol. The van der Waals surface area contributed by atoms with Gasteiger partial charge in [-0.3, -0.25) is 4.79 Å². The van der Waals surface area contributed by atoms with Crippen molar-refractivity contribution < 1.29 is 23.1 Å². The molecular formula is C13H15ClO5S. The van der Waals surface area contributed by atoms with Crippen LogP contribution in [-0.4, -0.2) is 32.9 Å². The molecule has 1 aliphatic rings. The van der Waals surface area contributed by atoms with Crippen molar-refractivity contribution in [1.29, 1.82) is 0 Å². The molecule has 0 unspecified atom stereocenters. The molecule has 1 aliphatic carbocycles. The zero-order valence-electron chi connectivity index (χ0n) is 11.1. The SMILES string of the molecule is COc1c(Cl)cc(C2(C(=O)O)CCC2)cc1S(C)(=O)=O. The second-order valence-corrected chi connectivity index (χ2v) is 7.39. The fraction of sp³-hybridized carbons (Fsp3) is 0.462. The molecule has 110 valence electrons. The van der Waals surface area contributed by atoms with E-state index < -0.39 is 21.2 Å². The van der Waals surface area contributed by atoms with Crippen LogP contribution in [0.2, 0.25) is 5.02 Å². The molecule has 0 atom stereocenters. The van der Waals surface area contributed by atoms with Gasteiger partial charge in [-0.2, -0.15) is 0 Å². The van der Waals surface area contributed by atoms with Crippen molar-refractivity contribution in [3.05, 3.63) is 22.7 Å². The Kier molecular flexibility index (Phi) is 3.73. The first-order valence-corrected chi connectivity index (χ1v) is 8.31. The summed E-state index contributed by atoms with van der Waals surface area (Å²) in [6, 6.07) is 2.86. The zero-order valence-corrected chi connectivity index (χ0v) is 12.7. The summed E-state index contributed by atoms with van der Waals surface area (Å²) in [5, 5.41) is 9.53. The number of hydrogen-bond donors (Lipinski definition) is 1. The minimum atomic E-state index is -3.56. The van der Waals surface area contributed by atoms with Crippen LogP contribution in [0.5, 0.6) is 5.75 Å². The molecule has 1 N–H and O–H groups in total. The van der Waals surface area contributed by atoms with Gasteiger partial charge in [-0.25, -0.2) is 8.42 Å². The van der Waals surface area contributed by atoms with Crippen LogP contribution in [-0.2, 0) is 20.0 Å². The molecule has 7 heteroatoms. The van der Waals surface area contributed by atoms with E-state index in [1.807, 2.05) is 0 Å². The molecule has 0 aliphatic heterocycles. The number of halogens is 1. The van der Waals surface area contributed by atoms with Crippen molar-refractivity contribution in [3.8, 4) is 5.75 Å². The molecule has 1 saturated carbocycles. The fourth-order valence-electron chi connectivity index (χ4n) is 2.47. The van der Waals surface area contributed by atoms with Gasteiger partial charge >= 0.3 is 5.97 Å². The maximum atomic E-state index is 11.8. The monoisotopic (exact) mass is 318 g/mol. The van der Waals surface area contributed by atoms with Gasteiger partial charge in [0.2, 0.25) is 0 Å². The summed E-state index contributed by atoms with van der Waals surface area (Å²) in [6.07, 6.45) is 2.80. The van der Waals surface area contributed by atoms with E-state index >= 15 is 0 Å². The molecule has 0 radical (unpaired) electrons. The van der Waals surface area contributed by atoms with Gasteiger partial charge in [-0.1, -0.05) is 18.0 Å². The number of methoxy groups -OCH3 is 1. The highest BCUT2D eigenvalue weighted by Gasteiger charge is 2.46. The van der Waals surface area contributed by atoms with Crippen molar-refractivity contribution in [2.45, 2.75) is 29.6 Å². The average Bonchev–Trinajstić information content (AvgIpc) is 2.24. The number of carboxylic acids is 1. The highest BCUT2D eigenvalue weighted by molar-refractivity contribution is 7.90. The summed E-state index contributed by atoms with van der Waals surface area (Å²) in [4.78, 5) is 11.4. The Balaban J connectivity index is 2.69. The number of rotatable bonds is 4. The van der Waals surface area contributed by atoms with Crippen LogP contribution in [0.4, 0.5) is 0 Å². The van der Waals surface area contributed by atoms with E-state index in [1.54, 1.807) is 0 Å². The molecule has 1 aromatic carbocycles. The molecule has 0 heterocycles. The number of carbonyl (C=O) groups is 1. The van der Waals surface area contributed by atoms with Crippen molar-refractivity contribution in [2.24, 2.45) is 0 Å². The number of hydrogen-bond acceptors (Lipinski definition) is 4. The minimum absolute atomic E-state index is 0.0535. The Morgan fingerprint density at radius 2 is 2.00 bits per heavy atom. The van der Waals surface area contributed by atoms with Crippen LogP contribution in [0.25, 0.3) is 0 Å². The Morgan fingerprint density at radius 3 is 2.35 bits per heavy atom. The fourth-order valence-corrected chi connectivity index (χ4v) is 3.70. The van der Waals surface area contributed by atoms with Crippen LogP contribution < -0.4 is 4.74 Å². The van der Waals surface area contributed by atoms with Gasteiger partial charge in [0.15, 0.2) is 15.6 Å². The van der Waals surface area contributed by atoms with Gasteiger partial charge in [-0.15, -0.1) is 0 Å². The lowest BCUT2D eigenvalue weighted by atomic mass is 9.64. The normalized spacial score (nSPS) is 17.4. The van der Waals surface area contributed by atoms with Crippen LogP contribution in [0.1, 0.15) is 24.8 Å². The highest BCUT2D eigenvalue weighted by Crippen LogP contribution is 2.47. The lowest BCUT2D eigenvalue weighted by Crippen LogP contribution is -2.42. The van der Waals surface area contributed by atoms with Gasteiger partial charge < -0.3 is 9.84 Å². The largest absolute Gasteiger partial charge is 0.494 e. The van der Waals surface area contributed by atoms with Crippen molar-refractivity contribution in [3.63, 3.8) is 0 Å². The smallest absolute Gasteiger partial charge is 0.314 e. The van der Waals surface area contributed by atoms with Crippen molar-refractivity contribution >= 4 is 27.4 Å². The molecule has 0 spiro atoms. The Labute approximate surface area is 122 Å². The van der Waals surface area contributed by atoms with Gasteiger partial charge in [0, 0.05) is 6.26 Å². The van der Waals surface area contributed by atoms with Crippen LogP contribution in [0.3, 0.4) is 0 Å². The molecule has 0 bridgehead atoms. The Hall–Kier alpha value is -1.27. The zero-order chi connectivity index (χ0) is 15.1. The molecule has 5 nitrogen and oxygen atoms in total. The third kappa shape index (κ3) is 2.27. The second kappa shape index (κ2) is 4.93. The molecule has 20 heavy (non-hydrogen) atoms.